The number of carbonyl (C=O) groups excluding carboxylic acids is 1. The summed E-state index contributed by atoms with van der Waals surface area (Å²) in [5.74, 6) is -0.275. The summed E-state index contributed by atoms with van der Waals surface area (Å²) in [6, 6.07) is 0. The molecule has 0 saturated heterocycles. The second-order valence-electron chi connectivity index (χ2n) is 1.95. The largest absolute Gasteiger partial charge is 0.451 e. The molecule has 0 bridgehead atoms. The lowest BCUT2D eigenvalue weighted by molar-refractivity contribution is -0.136. The normalized spacial score (nSPS) is 15.2. The molecule has 1 heterocycles. The van der Waals surface area contributed by atoms with Gasteiger partial charge in [0.2, 0.25) is 0 Å². The predicted molar refractivity (Wildman–Crippen MR) is 50.2 cm³/mol. The van der Waals surface area contributed by atoms with E-state index in [1.54, 1.807) is 12.3 Å². The Morgan fingerprint density at radius 2 is 2.64 bits per heavy atom. The summed E-state index contributed by atoms with van der Waals surface area (Å²) < 4.78 is 5.16. The number of hydrogen-bond acceptors (Lipinski definition) is 3. The summed E-state index contributed by atoms with van der Waals surface area (Å²) in [6.45, 7) is 0.779. The first-order valence-electron chi connectivity index (χ1n) is 3.18. The Labute approximate surface area is 78.6 Å². The molecule has 3 nitrogen and oxygen atoms in total. The second kappa shape index (κ2) is 4.38. The number of esters is 1. The summed E-state index contributed by atoms with van der Waals surface area (Å²) in [4.78, 5) is 11.0. The molecule has 0 amide bonds. The molecule has 1 aliphatic heterocycles. The number of rotatable bonds is 2. The number of nitrogens with one attached hydrogen (secondary N) is 1. The molecule has 0 saturated carbocycles. The SMILES string of the molecule is O=C(OCI)C1=CNCC=C1. The Balaban J connectivity index is 2.52. The minimum Gasteiger partial charge on any atom is -0.451 e. The number of carbonyl (C=O) groups is 1. The van der Waals surface area contributed by atoms with Crippen LogP contribution in [0.1, 0.15) is 0 Å². The van der Waals surface area contributed by atoms with Gasteiger partial charge in [-0.1, -0.05) is 6.08 Å². The van der Waals surface area contributed by atoms with Crippen molar-refractivity contribution in [3.05, 3.63) is 23.9 Å². The molecule has 0 atom stereocenters. The van der Waals surface area contributed by atoms with Gasteiger partial charge in [-0.3, -0.25) is 0 Å². The van der Waals surface area contributed by atoms with Crippen molar-refractivity contribution in [3.63, 3.8) is 0 Å². The first-order valence-corrected chi connectivity index (χ1v) is 4.70. The van der Waals surface area contributed by atoms with Gasteiger partial charge in [0.1, 0.15) is 4.61 Å². The Morgan fingerprint density at radius 1 is 1.82 bits per heavy atom. The fourth-order valence-electron chi connectivity index (χ4n) is 0.731. The van der Waals surface area contributed by atoms with Crippen molar-refractivity contribution in [2.24, 2.45) is 0 Å². The van der Waals surface area contributed by atoms with E-state index in [0.717, 1.165) is 6.54 Å². The quantitative estimate of drug-likeness (QED) is 0.459. The average Bonchev–Trinajstić information content (AvgIpc) is 2.07. The zero-order chi connectivity index (χ0) is 8.10. The van der Waals surface area contributed by atoms with Crippen molar-refractivity contribution in [2.75, 3.05) is 11.2 Å². The molecule has 11 heavy (non-hydrogen) atoms. The van der Waals surface area contributed by atoms with Crippen molar-refractivity contribution in [1.82, 2.24) is 5.32 Å². The van der Waals surface area contributed by atoms with E-state index in [0.29, 0.717) is 10.2 Å². The molecule has 0 aliphatic carbocycles. The molecule has 0 aromatic heterocycles. The first kappa shape index (κ1) is 8.58. The molecule has 0 fully saturated rings. The Bertz CT molecular complexity index is 210. The van der Waals surface area contributed by atoms with Gasteiger partial charge in [0.05, 0.1) is 5.57 Å². The monoisotopic (exact) mass is 265 g/mol. The summed E-state index contributed by atoms with van der Waals surface area (Å²) in [7, 11) is 0. The summed E-state index contributed by atoms with van der Waals surface area (Å²) in [6.07, 6.45) is 5.30. The first-order chi connectivity index (χ1) is 5.34. The van der Waals surface area contributed by atoms with Gasteiger partial charge in [0, 0.05) is 12.7 Å². The minimum atomic E-state index is -0.275. The average molecular weight is 265 g/mol. The fraction of sp³-hybridized carbons (Fsp3) is 0.286. The lowest BCUT2D eigenvalue weighted by Crippen LogP contribution is -2.15. The van der Waals surface area contributed by atoms with Crippen molar-refractivity contribution < 1.29 is 9.53 Å². The third kappa shape index (κ3) is 2.53. The van der Waals surface area contributed by atoms with Gasteiger partial charge in [-0.25, -0.2) is 4.79 Å². The molecule has 60 valence electrons. The fourth-order valence-corrected chi connectivity index (χ4v) is 1.01. The van der Waals surface area contributed by atoms with Crippen LogP contribution >= 0.6 is 22.6 Å². The smallest absolute Gasteiger partial charge is 0.340 e. The van der Waals surface area contributed by atoms with Crippen LogP contribution in [-0.4, -0.2) is 17.1 Å². The van der Waals surface area contributed by atoms with Crippen LogP contribution in [0.15, 0.2) is 23.9 Å². The van der Waals surface area contributed by atoms with Gasteiger partial charge in [-0.2, -0.15) is 0 Å². The maximum absolute atomic E-state index is 11.0. The van der Waals surface area contributed by atoms with E-state index in [-0.39, 0.29) is 5.97 Å². The Hall–Kier alpha value is -0.520. The van der Waals surface area contributed by atoms with E-state index < -0.39 is 0 Å². The van der Waals surface area contributed by atoms with E-state index >= 15 is 0 Å². The van der Waals surface area contributed by atoms with Gasteiger partial charge in [-0.05, 0) is 28.7 Å². The summed E-state index contributed by atoms with van der Waals surface area (Å²) in [5, 5.41) is 2.92. The number of hydrogen-bond donors (Lipinski definition) is 1. The molecular weight excluding hydrogens is 257 g/mol. The van der Waals surface area contributed by atoms with Crippen molar-refractivity contribution >= 4 is 28.6 Å². The predicted octanol–water partition coefficient (Wildman–Crippen LogP) is 0.965. The van der Waals surface area contributed by atoms with Crippen LogP contribution in [0.4, 0.5) is 0 Å². The van der Waals surface area contributed by atoms with Gasteiger partial charge < -0.3 is 10.1 Å². The zero-order valence-electron chi connectivity index (χ0n) is 5.84. The van der Waals surface area contributed by atoms with Crippen LogP contribution in [0.5, 0.6) is 0 Å². The second-order valence-corrected chi connectivity index (χ2v) is 2.57. The van der Waals surface area contributed by atoms with Crippen LogP contribution in [0.3, 0.4) is 0 Å². The summed E-state index contributed by atoms with van der Waals surface area (Å²) >= 11 is 1.98. The van der Waals surface area contributed by atoms with Crippen LogP contribution in [0.25, 0.3) is 0 Å². The highest BCUT2D eigenvalue weighted by Gasteiger charge is 2.07. The maximum atomic E-state index is 11.0. The van der Waals surface area contributed by atoms with Crippen LogP contribution in [-0.2, 0) is 9.53 Å². The maximum Gasteiger partial charge on any atom is 0.340 e. The molecule has 4 heteroatoms. The summed E-state index contributed by atoms with van der Waals surface area (Å²) in [5.41, 5.74) is 0.577. The van der Waals surface area contributed by atoms with Crippen LogP contribution in [0.2, 0.25) is 0 Å². The van der Waals surface area contributed by atoms with E-state index in [1.165, 1.54) is 0 Å². The molecule has 0 aromatic carbocycles. The van der Waals surface area contributed by atoms with E-state index in [4.69, 9.17) is 4.74 Å². The minimum absolute atomic E-state index is 0.275. The van der Waals surface area contributed by atoms with Gasteiger partial charge in [-0.15, -0.1) is 0 Å². The van der Waals surface area contributed by atoms with Crippen molar-refractivity contribution in [2.45, 2.75) is 0 Å². The Morgan fingerprint density at radius 3 is 3.18 bits per heavy atom. The highest BCUT2D eigenvalue weighted by molar-refractivity contribution is 14.1. The highest BCUT2D eigenvalue weighted by atomic mass is 127. The van der Waals surface area contributed by atoms with E-state index in [1.807, 2.05) is 28.7 Å². The van der Waals surface area contributed by atoms with Crippen molar-refractivity contribution in [1.29, 1.82) is 0 Å². The zero-order valence-corrected chi connectivity index (χ0v) is 8.00. The number of alkyl halides is 1. The molecule has 0 unspecified atom stereocenters. The molecule has 0 spiro atoms. The number of dihydropyridines is 1. The lowest BCUT2D eigenvalue weighted by atomic mass is 10.2. The Kier molecular flexibility index (Phi) is 3.41. The standard InChI is InChI=1S/C7H8INO2/c8-5-11-7(10)6-2-1-3-9-4-6/h1-2,4,9H,3,5H2. The van der Waals surface area contributed by atoms with E-state index in [9.17, 15) is 4.79 Å². The van der Waals surface area contributed by atoms with Crippen LogP contribution < -0.4 is 5.32 Å². The molecule has 1 N–H and O–H groups in total. The third-order valence-electron chi connectivity index (χ3n) is 1.21. The molecule has 0 radical (unpaired) electrons. The molecule has 1 rings (SSSR count). The third-order valence-corrected chi connectivity index (χ3v) is 1.52. The molecule has 0 aromatic rings. The van der Waals surface area contributed by atoms with Gasteiger partial charge >= 0.3 is 5.97 Å². The van der Waals surface area contributed by atoms with Gasteiger partial charge in [0.15, 0.2) is 0 Å². The number of ether oxygens (including phenoxy) is 1. The van der Waals surface area contributed by atoms with E-state index in [2.05, 4.69) is 5.32 Å². The molecular formula is C7H8INO2. The topological polar surface area (TPSA) is 38.3 Å². The lowest BCUT2D eigenvalue weighted by Gasteiger charge is -2.06. The number of halogens is 1. The highest BCUT2D eigenvalue weighted by Crippen LogP contribution is 2.03. The van der Waals surface area contributed by atoms with Gasteiger partial charge in [0.25, 0.3) is 0 Å². The molecule has 1 aliphatic rings. The van der Waals surface area contributed by atoms with Crippen LogP contribution in [0, 0.1) is 0 Å². The van der Waals surface area contributed by atoms with Crippen molar-refractivity contribution in [3.8, 4) is 0 Å².